The molecule has 0 unspecified atom stereocenters. The Hall–Kier alpha value is -1.95. The lowest BCUT2D eigenvalue weighted by Gasteiger charge is -2.25. The monoisotopic (exact) mass is 231 g/mol. The molecule has 1 saturated heterocycles. The summed E-state index contributed by atoms with van der Waals surface area (Å²) in [6.07, 6.45) is 3.20. The second kappa shape index (κ2) is 4.14. The molecule has 1 aliphatic rings. The number of anilines is 1. The molecule has 1 N–H and O–H groups in total. The lowest BCUT2D eigenvalue weighted by Crippen LogP contribution is -2.36. The predicted octanol–water partition coefficient (Wildman–Crippen LogP) is 0.833. The number of aromatic nitrogens is 4. The lowest BCUT2D eigenvalue weighted by molar-refractivity contribution is 0.122. The van der Waals surface area contributed by atoms with Crippen molar-refractivity contribution in [2.24, 2.45) is 0 Å². The summed E-state index contributed by atoms with van der Waals surface area (Å²) in [4.78, 5) is 18.1. The number of hydrogen-bond acceptors (Lipinski definition) is 5. The van der Waals surface area contributed by atoms with Gasteiger partial charge in [0.15, 0.2) is 5.65 Å². The van der Waals surface area contributed by atoms with Crippen molar-refractivity contribution < 1.29 is 4.74 Å². The van der Waals surface area contributed by atoms with Crippen molar-refractivity contribution >= 4 is 23.2 Å². The van der Waals surface area contributed by atoms with Gasteiger partial charge in [-0.25, -0.2) is 9.97 Å². The first-order chi connectivity index (χ1) is 8.38. The summed E-state index contributed by atoms with van der Waals surface area (Å²) in [6.45, 7) is 6.89. The molecule has 2 aromatic rings. The number of hydrogen-bond donors (Lipinski definition) is 1. The van der Waals surface area contributed by atoms with E-state index in [1.807, 2.05) is 0 Å². The second-order valence-electron chi connectivity index (χ2n) is 3.82. The fourth-order valence-corrected chi connectivity index (χ4v) is 1.91. The minimum absolute atomic E-state index is 0.677. The molecule has 17 heavy (non-hydrogen) atoms. The van der Waals surface area contributed by atoms with Crippen LogP contribution in [0.1, 0.15) is 5.69 Å². The molecule has 6 nitrogen and oxygen atoms in total. The van der Waals surface area contributed by atoms with Crippen LogP contribution in [-0.2, 0) is 4.74 Å². The number of morpholine rings is 1. The van der Waals surface area contributed by atoms with Crippen molar-refractivity contribution in [1.82, 2.24) is 19.9 Å². The molecular weight excluding hydrogens is 218 g/mol. The molecule has 0 bridgehead atoms. The van der Waals surface area contributed by atoms with Gasteiger partial charge in [0.2, 0.25) is 5.95 Å². The first-order valence-electron chi connectivity index (χ1n) is 5.54. The van der Waals surface area contributed by atoms with Gasteiger partial charge in [-0.1, -0.05) is 6.58 Å². The smallest absolute Gasteiger partial charge is 0.205 e. The van der Waals surface area contributed by atoms with Gasteiger partial charge in [0.25, 0.3) is 0 Å². The zero-order valence-electron chi connectivity index (χ0n) is 9.39. The maximum Gasteiger partial charge on any atom is 0.205 e. The van der Waals surface area contributed by atoms with E-state index in [4.69, 9.17) is 4.74 Å². The van der Waals surface area contributed by atoms with Crippen LogP contribution in [0.15, 0.2) is 12.9 Å². The van der Waals surface area contributed by atoms with Crippen LogP contribution in [0, 0.1) is 0 Å². The Morgan fingerprint density at radius 1 is 1.35 bits per heavy atom. The average molecular weight is 231 g/mol. The highest BCUT2D eigenvalue weighted by molar-refractivity contribution is 5.81. The van der Waals surface area contributed by atoms with Crippen LogP contribution in [0.25, 0.3) is 17.2 Å². The number of H-pyrrole nitrogens is 1. The largest absolute Gasteiger partial charge is 0.378 e. The molecule has 2 aromatic heterocycles. The molecule has 3 heterocycles. The zero-order chi connectivity index (χ0) is 11.7. The third kappa shape index (κ3) is 1.76. The van der Waals surface area contributed by atoms with E-state index in [9.17, 15) is 0 Å². The zero-order valence-corrected chi connectivity index (χ0v) is 9.39. The molecule has 1 aliphatic heterocycles. The van der Waals surface area contributed by atoms with Crippen LogP contribution in [0.5, 0.6) is 0 Å². The minimum Gasteiger partial charge on any atom is -0.378 e. The van der Waals surface area contributed by atoms with Gasteiger partial charge < -0.3 is 14.6 Å². The Bertz CT molecular complexity index is 544. The fourth-order valence-electron chi connectivity index (χ4n) is 1.91. The highest BCUT2D eigenvalue weighted by Crippen LogP contribution is 2.18. The molecule has 6 heteroatoms. The van der Waals surface area contributed by atoms with Crippen LogP contribution < -0.4 is 4.90 Å². The van der Waals surface area contributed by atoms with E-state index in [1.165, 1.54) is 6.33 Å². The fraction of sp³-hybridized carbons (Fsp3) is 0.364. The molecule has 0 saturated carbocycles. The lowest BCUT2D eigenvalue weighted by atomic mass is 10.3. The molecule has 3 rings (SSSR count). The number of ether oxygens (including phenoxy) is 1. The van der Waals surface area contributed by atoms with Gasteiger partial charge in [0.05, 0.1) is 18.9 Å². The van der Waals surface area contributed by atoms with Crippen LogP contribution in [0.4, 0.5) is 5.95 Å². The third-order valence-corrected chi connectivity index (χ3v) is 2.81. The summed E-state index contributed by atoms with van der Waals surface area (Å²) < 4.78 is 5.31. The van der Waals surface area contributed by atoms with Gasteiger partial charge in [0, 0.05) is 13.1 Å². The topological polar surface area (TPSA) is 66.9 Å². The van der Waals surface area contributed by atoms with Gasteiger partial charge in [-0.05, 0) is 6.08 Å². The predicted molar refractivity (Wildman–Crippen MR) is 64.8 cm³/mol. The third-order valence-electron chi connectivity index (χ3n) is 2.81. The number of imidazole rings is 1. The van der Waals surface area contributed by atoms with Crippen molar-refractivity contribution in [3.8, 4) is 0 Å². The number of fused-ring (bicyclic) bond motifs is 1. The number of aromatic amines is 1. The maximum absolute atomic E-state index is 5.31. The van der Waals surface area contributed by atoms with E-state index < -0.39 is 0 Å². The number of rotatable bonds is 2. The Morgan fingerprint density at radius 3 is 2.94 bits per heavy atom. The Morgan fingerprint density at radius 2 is 2.18 bits per heavy atom. The van der Waals surface area contributed by atoms with E-state index in [0.29, 0.717) is 5.65 Å². The van der Waals surface area contributed by atoms with Crippen LogP contribution in [0.3, 0.4) is 0 Å². The van der Waals surface area contributed by atoms with Crippen molar-refractivity contribution in [2.75, 3.05) is 31.2 Å². The molecule has 0 amide bonds. The van der Waals surface area contributed by atoms with Crippen LogP contribution in [-0.4, -0.2) is 46.2 Å². The summed E-state index contributed by atoms with van der Waals surface area (Å²) in [5, 5.41) is 0. The maximum atomic E-state index is 5.31. The number of nitrogens with one attached hydrogen (secondary N) is 1. The average Bonchev–Trinajstić information content (AvgIpc) is 2.83. The van der Waals surface area contributed by atoms with Crippen LogP contribution in [0.2, 0.25) is 0 Å². The van der Waals surface area contributed by atoms with Gasteiger partial charge >= 0.3 is 0 Å². The van der Waals surface area contributed by atoms with E-state index in [0.717, 1.165) is 43.5 Å². The summed E-state index contributed by atoms with van der Waals surface area (Å²) in [5.41, 5.74) is 2.29. The molecule has 0 aromatic carbocycles. The Labute approximate surface area is 98.3 Å². The first kappa shape index (κ1) is 10.2. The van der Waals surface area contributed by atoms with Gasteiger partial charge in [-0.3, -0.25) is 0 Å². The SMILES string of the molecule is C=Cc1ncnc2nc(N3CCOCC3)[nH]c12. The van der Waals surface area contributed by atoms with E-state index in [1.54, 1.807) is 6.08 Å². The van der Waals surface area contributed by atoms with Crippen molar-refractivity contribution in [3.63, 3.8) is 0 Å². The molecule has 1 fully saturated rings. The molecule has 0 radical (unpaired) electrons. The van der Waals surface area contributed by atoms with Crippen molar-refractivity contribution in [3.05, 3.63) is 18.6 Å². The van der Waals surface area contributed by atoms with Crippen LogP contribution >= 0.6 is 0 Å². The summed E-state index contributed by atoms with van der Waals surface area (Å²) in [5.74, 6) is 0.826. The number of nitrogens with zero attached hydrogens (tertiary/aromatic N) is 4. The molecular formula is C11H13N5O. The van der Waals surface area contributed by atoms with Crippen molar-refractivity contribution in [1.29, 1.82) is 0 Å². The second-order valence-corrected chi connectivity index (χ2v) is 3.82. The molecule has 0 spiro atoms. The Kier molecular flexibility index (Phi) is 2.49. The minimum atomic E-state index is 0.677. The summed E-state index contributed by atoms with van der Waals surface area (Å²) in [6, 6.07) is 0. The van der Waals surface area contributed by atoms with Gasteiger partial charge in [-0.15, -0.1) is 0 Å². The first-order valence-corrected chi connectivity index (χ1v) is 5.54. The quantitative estimate of drug-likeness (QED) is 0.829. The molecule has 0 aliphatic carbocycles. The highest BCUT2D eigenvalue weighted by atomic mass is 16.5. The molecule has 88 valence electrons. The highest BCUT2D eigenvalue weighted by Gasteiger charge is 2.16. The van der Waals surface area contributed by atoms with E-state index >= 15 is 0 Å². The Balaban J connectivity index is 2.03. The van der Waals surface area contributed by atoms with E-state index in [2.05, 4.69) is 31.4 Å². The van der Waals surface area contributed by atoms with Crippen molar-refractivity contribution in [2.45, 2.75) is 0 Å². The van der Waals surface area contributed by atoms with E-state index in [-0.39, 0.29) is 0 Å². The van der Waals surface area contributed by atoms with Gasteiger partial charge in [-0.2, -0.15) is 4.98 Å². The standard InChI is InChI=1S/C11H13N5O/c1-2-8-9-10(13-7-12-8)15-11(14-9)16-3-5-17-6-4-16/h2,7H,1,3-6H2,(H,12,13,14,15). The summed E-state index contributed by atoms with van der Waals surface area (Å²) >= 11 is 0. The molecule has 0 atom stereocenters. The normalized spacial score (nSPS) is 16.4. The van der Waals surface area contributed by atoms with Gasteiger partial charge in [0.1, 0.15) is 11.8 Å². The summed E-state index contributed by atoms with van der Waals surface area (Å²) in [7, 11) is 0.